The van der Waals surface area contributed by atoms with E-state index >= 15 is 0 Å². The van der Waals surface area contributed by atoms with E-state index in [1.807, 2.05) is 42.2 Å². The van der Waals surface area contributed by atoms with Crippen molar-refractivity contribution in [1.29, 1.82) is 0 Å². The van der Waals surface area contributed by atoms with Crippen molar-refractivity contribution >= 4 is 35.5 Å². The number of rotatable bonds is 9. The standard InChI is InChI=1S/C29H33N3O5/c1-2-26(33)31(25-17-20-30(21-18-25)19-16-22-6-4-3-5-7-22)24-11-8-23(9-12-24)10-15-29(36)37-32-27(34)13-14-28(32)35/h3-12,15,25H,2,13-14,16-21H2,1H3/b15-10+. The molecule has 0 aliphatic carbocycles. The number of anilines is 1. The number of hydroxylamine groups is 2. The molecule has 0 N–H and O–H groups in total. The predicted octanol–water partition coefficient (Wildman–Crippen LogP) is 3.76. The highest BCUT2D eigenvalue weighted by Crippen LogP contribution is 2.26. The minimum absolute atomic E-state index is 0.0526. The Morgan fingerprint density at radius 1 is 0.973 bits per heavy atom. The number of hydrogen-bond donors (Lipinski definition) is 0. The van der Waals surface area contributed by atoms with Gasteiger partial charge in [-0.3, -0.25) is 14.4 Å². The lowest BCUT2D eigenvalue weighted by Gasteiger charge is -2.38. The Morgan fingerprint density at radius 2 is 1.62 bits per heavy atom. The van der Waals surface area contributed by atoms with Gasteiger partial charge < -0.3 is 14.6 Å². The van der Waals surface area contributed by atoms with E-state index in [0.717, 1.165) is 50.1 Å². The van der Waals surface area contributed by atoms with Crippen LogP contribution in [0.1, 0.15) is 50.2 Å². The van der Waals surface area contributed by atoms with Crippen molar-refractivity contribution in [1.82, 2.24) is 9.96 Å². The number of amides is 3. The van der Waals surface area contributed by atoms with Crippen LogP contribution in [-0.4, -0.2) is 59.3 Å². The number of benzene rings is 2. The van der Waals surface area contributed by atoms with E-state index in [4.69, 9.17) is 4.84 Å². The van der Waals surface area contributed by atoms with Crippen LogP contribution in [0.2, 0.25) is 0 Å². The lowest BCUT2D eigenvalue weighted by molar-refractivity contribution is -0.193. The molecular weight excluding hydrogens is 470 g/mol. The fraction of sp³-hybridized carbons (Fsp3) is 0.379. The van der Waals surface area contributed by atoms with Gasteiger partial charge in [0, 0.05) is 56.7 Å². The Balaban J connectivity index is 1.33. The van der Waals surface area contributed by atoms with Gasteiger partial charge >= 0.3 is 5.97 Å². The normalized spacial score (nSPS) is 16.9. The first-order valence-electron chi connectivity index (χ1n) is 12.9. The summed E-state index contributed by atoms with van der Waals surface area (Å²) < 4.78 is 0. The summed E-state index contributed by atoms with van der Waals surface area (Å²) in [5, 5.41) is 0.525. The second kappa shape index (κ2) is 12.5. The summed E-state index contributed by atoms with van der Waals surface area (Å²) in [6, 6.07) is 18.1. The zero-order valence-electron chi connectivity index (χ0n) is 21.2. The zero-order chi connectivity index (χ0) is 26.2. The summed E-state index contributed by atoms with van der Waals surface area (Å²) in [6.07, 6.45) is 6.12. The summed E-state index contributed by atoms with van der Waals surface area (Å²) >= 11 is 0. The maximum absolute atomic E-state index is 12.9. The molecule has 0 aromatic heterocycles. The van der Waals surface area contributed by atoms with Crippen molar-refractivity contribution in [3.8, 4) is 0 Å². The average Bonchev–Trinajstić information content (AvgIpc) is 3.24. The topological polar surface area (TPSA) is 87.2 Å². The Hall–Kier alpha value is -3.78. The molecule has 2 aliphatic heterocycles. The summed E-state index contributed by atoms with van der Waals surface area (Å²) in [5.41, 5.74) is 2.91. The van der Waals surface area contributed by atoms with E-state index in [-0.39, 0.29) is 24.8 Å². The smallest absolute Gasteiger partial charge is 0.326 e. The maximum Gasteiger partial charge on any atom is 0.356 e. The van der Waals surface area contributed by atoms with Crippen molar-refractivity contribution in [3.05, 3.63) is 71.8 Å². The van der Waals surface area contributed by atoms with Crippen molar-refractivity contribution in [3.63, 3.8) is 0 Å². The number of likely N-dealkylation sites (tertiary alicyclic amines) is 1. The molecule has 0 unspecified atom stereocenters. The average molecular weight is 504 g/mol. The molecular formula is C29H33N3O5. The number of nitrogens with zero attached hydrogens (tertiary/aromatic N) is 3. The van der Waals surface area contributed by atoms with E-state index < -0.39 is 17.8 Å². The maximum atomic E-state index is 12.9. The Kier molecular flexibility index (Phi) is 8.85. The molecule has 0 radical (unpaired) electrons. The highest BCUT2D eigenvalue weighted by molar-refractivity contribution is 6.02. The van der Waals surface area contributed by atoms with E-state index in [0.29, 0.717) is 11.5 Å². The third-order valence-electron chi connectivity index (χ3n) is 6.82. The van der Waals surface area contributed by atoms with Gasteiger partial charge in [0.15, 0.2) is 0 Å². The van der Waals surface area contributed by atoms with Gasteiger partial charge in [0.05, 0.1) is 0 Å². The molecule has 194 valence electrons. The number of carbonyl (C=O) groups excluding carboxylic acids is 4. The van der Waals surface area contributed by atoms with E-state index in [9.17, 15) is 19.2 Å². The van der Waals surface area contributed by atoms with Gasteiger partial charge in [0.25, 0.3) is 11.8 Å². The number of hydrogen-bond acceptors (Lipinski definition) is 6. The molecule has 2 fully saturated rings. The molecule has 3 amide bonds. The summed E-state index contributed by atoms with van der Waals surface area (Å²) in [5.74, 6) is -1.73. The molecule has 0 spiro atoms. The van der Waals surface area contributed by atoms with Gasteiger partial charge in [-0.25, -0.2) is 4.79 Å². The SMILES string of the molecule is CCC(=O)N(c1ccc(/C=C/C(=O)ON2C(=O)CCC2=O)cc1)C1CCN(CCc2ccccc2)CC1. The van der Waals surface area contributed by atoms with Crippen LogP contribution in [0.15, 0.2) is 60.7 Å². The fourth-order valence-corrected chi connectivity index (χ4v) is 4.75. The van der Waals surface area contributed by atoms with E-state index in [1.165, 1.54) is 11.6 Å². The molecule has 8 nitrogen and oxygen atoms in total. The second-order valence-corrected chi connectivity index (χ2v) is 9.34. The van der Waals surface area contributed by atoms with Crippen molar-refractivity contribution in [2.75, 3.05) is 24.5 Å². The zero-order valence-corrected chi connectivity index (χ0v) is 21.2. The summed E-state index contributed by atoms with van der Waals surface area (Å²) in [4.78, 5) is 57.3. The van der Waals surface area contributed by atoms with Crippen molar-refractivity contribution in [2.45, 2.75) is 51.5 Å². The fourth-order valence-electron chi connectivity index (χ4n) is 4.75. The van der Waals surface area contributed by atoms with Crippen LogP contribution in [-0.2, 0) is 30.4 Å². The Morgan fingerprint density at radius 3 is 2.24 bits per heavy atom. The molecule has 8 heteroatoms. The van der Waals surface area contributed by atoms with Crippen LogP contribution >= 0.6 is 0 Å². The van der Waals surface area contributed by atoms with Crippen LogP contribution in [0.25, 0.3) is 6.08 Å². The minimum Gasteiger partial charge on any atom is -0.326 e. The van der Waals surface area contributed by atoms with Gasteiger partial charge in [-0.1, -0.05) is 49.4 Å². The quantitative estimate of drug-likeness (QED) is 0.383. The van der Waals surface area contributed by atoms with Gasteiger partial charge in [-0.15, -0.1) is 5.06 Å². The molecule has 4 rings (SSSR count). The first-order valence-corrected chi connectivity index (χ1v) is 12.9. The first kappa shape index (κ1) is 26.3. The lowest BCUT2D eigenvalue weighted by atomic mass is 10.0. The number of imide groups is 1. The van der Waals surface area contributed by atoms with Gasteiger partial charge in [-0.2, -0.15) is 0 Å². The molecule has 2 aliphatic rings. The number of piperidine rings is 1. The van der Waals surface area contributed by atoms with Crippen LogP contribution in [0, 0.1) is 0 Å². The second-order valence-electron chi connectivity index (χ2n) is 9.34. The van der Waals surface area contributed by atoms with E-state index in [1.54, 1.807) is 6.08 Å². The Labute approximate surface area is 217 Å². The Bertz CT molecular complexity index is 1120. The van der Waals surface area contributed by atoms with Crippen LogP contribution in [0.4, 0.5) is 5.69 Å². The predicted molar refractivity (Wildman–Crippen MR) is 140 cm³/mol. The molecule has 0 saturated carbocycles. The first-order chi connectivity index (χ1) is 17.9. The summed E-state index contributed by atoms with van der Waals surface area (Å²) in [6.45, 7) is 4.80. The molecule has 2 aromatic carbocycles. The van der Waals surface area contributed by atoms with Crippen LogP contribution in [0.5, 0.6) is 0 Å². The monoisotopic (exact) mass is 503 g/mol. The minimum atomic E-state index is -0.797. The van der Waals surface area contributed by atoms with Crippen molar-refractivity contribution in [2.24, 2.45) is 0 Å². The van der Waals surface area contributed by atoms with E-state index in [2.05, 4.69) is 29.2 Å². The largest absolute Gasteiger partial charge is 0.356 e. The molecule has 0 atom stereocenters. The third kappa shape index (κ3) is 6.92. The third-order valence-corrected chi connectivity index (χ3v) is 6.82. The van der Waals surface area contributed by atoms with Gasteiger partial charge in [0.2, 0.25) is 5.91 Å². The highest BCUT2D eigenvalue weighted by Gasteiger charge is 2.32. The molecule has 2 saturated heterocycles. The molecule has 2 aromatic rings. The molecule has 2 heterocycles. The number of carbonyl (C=O) groups is 4. The highest BCUT2D eigenvalue weighted by atomic mass is 16.7. The van der Waals surface area contributed by atoms with Crippen molar-refractivity contribution < 1.29 is 24.0 Å². The van der Waals surface area contributed by atoms with Crippen LogP contribution < -0.4 is 4.90 Å². The summed E-state index contributed by atoms with van der Waals surface area (Å²) in [7, 11) is 0. The molecule has 37 heavy (non-hydrogen) atoms. The van der Waals surface area contributed by atoms with Gasteiger partial charge in [-0.05, 0) is 48.6 Å². The lowest BCUT2D eigenvalue weighted by Crippen LogP contribution is -2.47. The van der Waals surface area contributed by atoms with Gasteiger partial charge in [0.1, 0.15) is 0 Å². The molecule has 0 bridgehead atoms. The van der Waals surface area contributed by atoms with Crippen LogP contribution in [0.3, 0.4) is 0 Å².